The molecule has 1 aromatic carbocycles. The molecule has 1 atom stereocenters. The van der Waals surface area contributed by atoms with E-state index in [0.29, 0.717) is 12.4 Å². The Morgan fingerprint density at radius 2 is 1.83 bits per heavy atom. The van der Waals surface area contributed by atoms with Crippen LogP contribution in [0.3, 0.4) is 0 Å². The summed E-state index contributed by atoms with van der Waals surface area (Å²) in [5.41, 5.74) is 0.793. The van der Waals surface area contributed by atoms with E-state index in [1.165, 1.54) is 6.92 Å². The number of carbonyl (C=O) groups is 2. The number of carboxylic acid groups (broad SMARTS) is 1. The zero-order valence-corrected chi connectivity index (χ0v) is 14.6. The minimum absolute atomic E-state index is 0.124. The summed E-state index contributed by atoms with van der Waals surface area (Å²) in [6.07, 6.45) is 0.225. The number of aliphatic carboxylic acids is 1. The highest BCUT2D eigenvalue weighted by Gasteiger charge is 2.21. The Bertz CT molecular complexity index is 654. The molecule has 0 spiro atoms. The second-order valence-electron chi connectivity index (χ2n) is 5.30. The van der Waals surface area contributed by atoms with Gasteiger partial charge in [-0.25, -0.2) is 8.42 Å². The van der Waals surface area contributed by atoms with Crippen molar-refractivity contribution >= 4 is 21.7 Å². The molecule has 0 heterocycles. The first kappa shape index (κ1) is 20.0. The SMILES string of the molecule is CCOc1ccc(CC(CNC(=O)CS(=O)(=O)CC)C(=O)O)cc1. The van der Waals surface area contributed by atoms with E-state index in [1.807, 2.05) is 6.92 Å². The van der Waals surface area contributed by atoms with Gasteiger partial charge in [0, 0.05) is 12.3 Å². The highest BCUT2D eigenvalue weighted by atomic mass is 32.2. The predicted octanol–water partition coefficient (Wildman–Crippen LogP) is 0.880. The number of carboxylic acids is 1. The van der Waals surface area contributed by atoms with Crippen LogP contribution in [0.2, 0.25) is 0 Å². The Morgan fingerprint density at radius 1 is 1.21 bits per heavy atom. The van der Waals surface area contributed by atoms with Crippen molar-refractivity contribution in [2.45, 2.75) is 20.3 Å². The monoisotopic (exact) mass is 357 g/mol. The zero-order valence-electron chi connectivity index (χ0n) is 13.8. The van der Waals surface area contributed by atoms with Crippen LogP contribution in [0.5, 0.6) is 5.75 Å². The molecule has 8 heteroatoms. The summed E-state index contributed by atoms with van der Waals surface area (Å²) in [4.78, 5) is 22.9. The lowest BCUT2D eigenvalue weighted by atomic mass is 9.99. The molecule has 1 aromatic rings. The summed E-state index contributed by atoms with van der Waals surface area (Å²) in [6.45, 7) is 3.74. The standard InChI is InChI=1S/C16H23NO6S/c1-3-23-14-7-5-12(6-8-14)9-13(16(19)20)10-17-15(18)11-24(21,22)4-2/h5-8,13H,3-4,9-11H2,1-2H3,(H,17,18)(H,19,20). The molecule has 0 aliphatic carbocycles. The molecule has 0 aromatic heterocycles. The molecule has 0 aliphatic heterocycles. The van der Waals surface area contributed by atoms with Crippen LogP contribution in [0, 0.1) is 5.92 Å². The molecule has 0 aliphatic rings. The van der Waals surface area contributed by atoms with E-state index in [9.17, 15) is 23.1 Å². The van der Waals surface area contributed by atoms with Crippen LogP contribution in [-0.4, -0.2) is 50.1 Å². The molecule has 0 fully saturated rings. The van der Waals surface area contributed by atoms with Gasteiger partial charge in [0.15, 0.2) is 9.84 Å². The number of hydrogen-bond acceptors (Lipinski definition) is 5. The van der Waals surface area contributed by atoms with Gasteiger partial charge in [-0.1, -0.05) is 19.1 Å². The van der Waals surface area contributed by atoms with E-state index >= 15 is 0 Å². The Balaban J connectivity index is 2.61. The molecule has 7 nitrogen and oxygen atoms in total. The van der Waals surface area contributed by atoms with Gasteiger partial charge >= 0.3 is 5.97 Å². The highest BCUT2D eigenvalue weighted by Crippen LogP contribution is 2.15. The average Bonchev–Trinajstić information content (AvgIpc) is 2.52. The largest absolute Gasteiger partial charge is 0.494 e. The molecule has 24 heavy (non-hydrogen) atoms. The Kier molecular flexibility index (Phi) is 7.70. The van der Waals surface area contributed by atoms with Crippen molar-refractivity contribution in [2.24, 2.45) is 5.92 Å². The van der Waals surface area contributed by atoms with Gasteiger partial charge in [0.1, 0.15) is 11.5 Å². The quantitative estimate of drug-likeness (QED) is 0.643. The maximum atomic E-state index is 11.6. The third-order valence-electron chi connectivity index (χ3n) is 3.40. The van der Waals surface area contributed by atoms with Gasteiger partial charge in [0.05, 0.1) is 12.5 Å². The molecule has 1 rings (SSSR count). The summed E-state index contributed by atoms with van der Waals surface area (Å²) >= 11 is 0. The first-order chi connectivity index (χ1) is 11.3. The highest BCUT2D eigenvalue weighted by molar-refractivity contribution is 7.92. The van der Waals surface area contributed by atoms with Crippen molar-refractivity contribution in [3.05, 3.63) is 29.8 Å². The maximum absolute atomic E-state index is 11.6. The van der Waals surface area contributed by atoms with Crippen LogP contribution in [0.15, 0.2) is 24.3 Å². The topological polar surface area (TPSA) is 110 Å². The van der Waals surface area contributed by atoms with Crippen molar-refractivity contribution in [1.82, 2.24) is 5.32 Å². The number of nitrogens with one attached hydrogen (secondary N) is 1. The molecule has 1 amide bonds. The third kappa shape index (κ3) is 6.99. The van der Waals surface area contributed by atoms with E-state index in [0.717, 1.165) is 5.56 Å². The van der Waals surface area contributed by atoms with Gasteiger partial charge in [-0.2, -0.15) is 0 Å². The molecule has 0 bridgehead atoms. The van der Waals surface area contributed by atoms with E-state index in [2.05, 4.69) is 5.32 Å². The van der Waals surface area contributed by atoms with E-state index < -0.39 is 33.4 Å². The van der Waals surface area contributed by atoms with Crippen molar-refractivity contribution < 1.29 is 27.9 Å². The van der Waals surface area contributed by atoms with Crippen LogP contribution >= 0.6 is 0 Å². The maximum Gasteiger partial charge on any atom is 0.308 e. The normalized spacial score (nSPS) is 12.4. The smallest absolute Gasteiger partial charge is 0.308 e. The van der Waals surface area contributed by atoms with E-state index in [-0.39, 0.29) is 18.7 Å². The van der Waals surface area contributed by atoms with Gasteiger partial charge in [-0.3, -0.25) is 9.59 Å². The van der Waals surface area contributed by atoms with E-state index in [4.69, 9.17) is 4.74 Å². The third-order valence-corrected chi connectivity index (χ3v) is 4.98. The molecule has 134 valence electrons. The summed E-state index contributed by atoms with van der Waals surface area (Å²) in [6, 6.07) is 7.04. The summed E-state index contributed by atoms with van der Waals surface area (Å²) in [5, 5.41) is 11.7. The first-order valence-electron chi connectivity index (χ1n) is 7.69. The Hall–Kier alpha value is -2.09. The lowest BCUT2D eigenvalue weighted by Crippen LogP contribution is -2.37. The fourth-order valence-corrected chi connectivity index (χ4v) is 2.72. The van der Waals surface area contributed by atoms with Crippen LogP contribution < -0.4 is 10.1 Å². The number of benzene rings is 1. The van der Waals surface area contributed by atoms with Crippen LogP contribution in [-0.2, 0) is 25.8 Å². The number of hydrogen-bond donors (Lipinski definition) is 2. The van der Waals surface area contributed by atoms with Crippen molar-refractivity contribution in [3.63, 3.8) is 0 Å². The Labute approximate surface area is 141 Å². The molecular formula is C16H23NO6S. The number of ether oxygens (including phenoxy) is 1. The molecule has 0 radical (unpaired) electrons. The minimum atomic E-state index is -3.43. The second kappa shape index (κ2) is 9.27. The van der Waals surface area contributed by atoms with Gasteiger partial charge in [-0.15, -0.1) is 0 Å². The average molecular weight is 357 g/mol. The zero-order chi connectivity index (χ0) is 18.2. The number of sulfone groups is 1. The van der Waals surface area contributed by atoms with Crippen LogP contribution in [0.25, 0.3) is 0 Å². The van der Waals surface area contributed by atoms with Crippen LogP contribution in [0.1, 0.15) is 19.4 Å². The number of rotatable bonds is 10. The fourth-order valence-electron chi connectivity index (χ4n) is 2.01. The first-order valence-corrected chi connectivity index (χ1v) is 9.51. The van der Waals surface area contributed by atoms with Gasteiger partial charge in [0.2, 0.25) is 5.91 Å². The predicted molar refractivity (Wildman–Crippen MR) is 89.8 cm³/mol. The van der Waals surface area contributed by atoms with Gasteiger partial charge in [-0.05, 0) is 31.0 Å². The van der Waals surface area contributed by atoms with Gasteiger partial charge in [0.25, 0.3) is 0 Å². The van der Waals surface area contributed by atoms with Crippen molar-refractivity contribution in [3.8, 4) is 5.75 Å². The molecular weight excluding hydrogens is 334 g/mol. The summed E-state index contributed by atoms with van der Waals surface area (Å²) in [7, 11) is -3.43. The fraction of sp³-hybridized carbons (Fsp3) is 0.500. The van der Waals surface area contributed by atoms with E-state index in [1.54, 1.807) is 24.3 Å². The number of carbonyl (C=O) groups excluding carboxylic acids is 1. The van der Waals surface area contributed by atoms with Crippen molar-refractivity contribution in [1.29, 1.82) is 0 Å². The molecule has 2 N–H and O–H groups in total. The molecule has 1 unspecified atom stereocenters. The minimum Gasteiger partial charge on any atom is -0.494 e. The summed E-state index contributed by atoms with van der Waals surface area (Å²) in [5.74, 6) is -2.63. The lowest BCUT2D eigenvalue weighted by Gasteiger charge is -2.14. The second-order valence-corrected chi connectivity index (χ2v) is 7.65. The molecule has 0 saturated heterocycles. The molecule has 0 saturated carbocycles. The Morgan fingerprint density at radius 3 is 2.33 bits per heavy atom. The lowest BCUT2D eigenvalue weighted by molar-refractivity contribution is -0.141. The van der Waals surface area contributed by atoms with Crippen LogP contribution in [0.4, 0.5) is 0 Å². The van der Waals surface area contributed by atoms with Gasteiger partial charge < -0.3 is 15.2 Å². The summed E-state index contributed by atoms with van der Waals surface area (Å²) < 4.78 is 28.1. The van der Waals surface area contributed by atoms with Crippen molar-refractivity contribution in [2.75, 3.05) is 24.7 Å². The number of amides is 1.